The Bertz CT molecular complexity index is 382. The molecular weight excluding hydrogens is 244 g/mol. The maximum absolute atomic E-state index is 12.3. The van der Waals surface area contributed by atoms with E-state index in [0.717, 1.165) is 12.5 Å². The molecule has 0 saturated carbocycles. The molecule has 0 aliphatic rings. The molecule has 0 aromatic heterocycles. The molecule has 0 fully saturated rings. The van der Waals surface area contributed by atoms with Crippen LogP contribution >= 0.6 is 0 Å². The molecule has 6 heteroatoms. The summed E-state index contributed by atoms with van der Waals surface area (Å²) >= 11 is 0. The van der Waals surface area contributed by atoms with Gasteiger partial charge in [0.2, 0.25) is 0 Å². The van der Waals surface area contributed by atoms with Gasteiger partial charge in [0, 0.05) is 0 Å². The number of alkyl halides is 2. The molecule has 0 aliphatic carbocycles. The fourth-order valence-electron chi connectivity index (χ4n) is 1.10. The Hall–Kier alpha value is -1.69. The monoisotopic (exact) mass is 259 g/mol. The Balaban J connectivity index is 2.31. The average Bonchev–Trinajstić information content (AvgIpc) is 2.35. The number of halogens is 2. The van der Waals surface area contributed by atoms with Crippen LogP contribution in [-0.2, 0) is 11.3 Å². The highest BCUT2D eigenvalue weighted by atomic mass is 19.3. The van der Waals surface area contributed by atoms with Crippen LogP contribution in [0.25, 0.3) is 0 Å². The quantitative estimate of drug-likeness (QED) is 0.849. The van der Waals surface area contributed by atoms with Crippen LogP contribution in [0.1, 0.15) is 12.5 Å². The minimum atomic E-state index is -2.94. The Morgan fingerprint density at radius 2 is 2.06 bits per heavy atom. The summed E-state index contributed by atoms with van der Waals surface area (Å²) in [6.45, 7) is 0.414. The molecule has 2 N–H and O–H groups in total. The van der Waals surface area contributed by atoms with Gasteiger partial charge in [-0.25, -0.2) is 13.6 Å². The van der Waals surface area contributed by atoms with E-state index in [9.17, 15) is 18.7 Å². The highest BCUT2D eigenvalue weighted by Crippen LogP contribution is 2.13. The van der Waals surface area contributed by atoms with Crippen molar-refractivity contribution in [2.75, 3.05) is 6.54 Å². The Kier molecular flexibility index (Phi) is 5.03. The third kappa shape index (κ3) is 4.67. The minimum Gasteiger partial charge on any atom is -0.445 e. The van der Waals surface area contributed by atoms with Crippen molar-refractivity contribution in [3.05, 3.63) is 35.9 Å². The molecule has 1 amide bonds. The smallest absolute Gasteiger partial charge is 0.407 e. The maximum atomic E-state index is 12.3. The second-order valence-electron chi connectivity index (χ2n) is 4.07. The van der Waals surface area contributed by atoms with Crippen LogP contribution < -0.4 is 5.32 Å². The van der Waals surface area contributed by atoms with E-state index < -0.39 is 24.7 Å². The molecule has 4 nitrogen and oxygen atoms in total. The van der Waals surface area contributed by atoms with Crippen LogP contribution in [0.4, 0.5) is 13.6 Å². The number of ether oxygens (including phenoxy) is 1. The van der Waals surface area contributed by atoms with Crippen molar-refractivity contribution in [3.63, 3.8) is 0 Å². The summed E-state index contributed by atoms with van der Waals surface area (Å²) in [7, 11) is 0. The van der Waals surface area contributed by atoms with Crippen molar-refractivity contribution in [2.24, 2.45) is 0 Å². The summed E-state index contributed by atoms with van der Waals surface area (Å²) in [5.41, 5.74) is -1.47. The molecule has 0 heterocycles. The van der Waals surface area contributed by atoms with Gasteiger partial charge in [0.25, 0.3) is 6.43 Å². The molecule has 1 rings (SSSR count). The van der Waals surface area contributed by atoms with E-state index in [4.69, 9.17) is 4.74 Å². The van der Waals surface area contributed by atoms with E-state index in [1.54, 1.807) is 24.3 Å². The Morgan fingerprint density at radius 1 is 1.44 bits per heavy atom. The molecule has 0 spiro atoms. The first-order chi connectivity index (χ1) is 8.42. The van der Waals surface area contributed by atoms with Crippen LogP contribution in [-0.4, -0.2) is 29.8 Å². The number of rotatable bonds is 5. The Labute approximate surface area is 104 Å². The summed E-state index contributed by atoms with van der Waals surface area (Å²) in [6.07, 6.45) is -3.79. The lowest BCUT2D eigenvalue weighted by Gasteiger charge is -2.22. The van der Waals surface area contributed by atoms with Gasteiger partial charge in [-0.1, -0.05) is 30.3 Å². The third-order valence-electron chi connectivity index (χ3n) is 2.27. The van der Waals surface area contributed by atoms with Crippen molar-refractivity contribution in [3.8, 4) is 0 Å². The average molecular weight is 259 g/mol. The lowest BCUT2D eigenvalue weighted by atomic mass is 10.1. The number of nitrogens with one attached hydrogen (secondary N) is 1. The van der Waals surface area contributed by atoms with Gasteiger partial charge in [0.15, 0.2) is 0 Å². The molecule has 1 atom stereocenters. The van der Waals surface area contributed by atoms with Crippen LogP contribution in [0.5, 0.6) is 0 Å². The summed E-state index contributed by atoms with van der Waals surface area (Å²) in [4.78, 5) is 11.2. The molecule has 1 aromatic rings. The maximum Gasteiger partial charge on any atom is 0.407 e. The molecule has 18 heavy (non-hydrogen) atoms. The molecule has 1 aromatic carbocycles. The van der Waals surface area contributed by atoms with E-state index in [-0.39, 0.29) is 6.61 Å². The second-order valence-corrected chi connectivity index (χ2v) is 4.07. The largest absolute Gasteiger partial charge is 0.445 e. The number of benzene rings is 1. The van der Waals surface area contributed by atoms with E-state index >= 15 is 0 Å². The first-order valence-electron chi connectivity index (χ1n) is 5.37. The summed E-state index contributed by atoms with van der Waals surface area (Å²) < 4.78 is 29.3. The number of hydrogen-bond donors (Lipinski definition) is 2. The summed E-state index contributed by atoms with van der Waals surface area (Å²) in [6, 6.07) is 8.94. The van der Waals surface area contributed by atoms with E-state index in [2.05, 4.69) is 5.32 Å². The SMILES string of the molecule is CC(O)(CNC(=O)OCc1ccccc1)C(F)F. The van der Waals surface area contributed by atoms with Gasteiger partial charge in [0.05, 0.1) is 6.54 Å². The fraction of sp³-hybridized carbons (Fsp3) is 0.417. The summed E-state index contributed by atoms with van der Waals surface area (Å²) in [5.74, 6) is 0. The fourth-order valence-corrected chi connectivity index (χ4v) is 1.10. The molecule has 0 aliphatic heterocycles. The number of alkyl carbamates (subject to hydrolysis) is 1. The second kappa shape index (κ2) is 6.30. The summed E-state index contributed by atoms with van der Waals surface area (Å²) in [5, 5.41) is 11.3. The van der Waals surface area contributed by atoms with Gasteiger partial charge in [0.1, 0.15) is 12.2 Å². The third-order valence-corrected chi connectivity index (χ3v) is 2.27. The van der Waals surface area contributed by atoms with Crippen molar-refractivity contribution < 1.29 is 23.4 Å². The first-order valence-corrected chi connectivity index (χ1v) is 5.37. The van der Waals surface area contributed by atoms with Crippen molar-refractivity contribution in [2.45, 2.75) is 25.6 Å². The molecule has 0 radical (unpaired) electrons. The zero-order chi connectivity index (χ0) is 13.6. The number of carbonyl (C=O) groups is 1. The van der Waals surface area contributed by atoms with E-state index in [0.29, 0.717) is 0 Å². The standard InChI is InChI=1S/C12H15F2NO3/c1-12(17,10(13)14)8-15-11(16)18-7-9-5-3-2-4-6-9/h2-6,10,17H,7-8H2,1H3,(H,15,16). The highest BCUT2D eigenvalue weighted by molar-refractivity contribution is 5.67. The molecule has 100 valence electrons. The van der Waals surface area contributed by atoms with Crippen LogP contribution in [0.2, 0.25) is 0 Å². The molecule has 0 bridgehead atoms. The predicted molar refractivity (Wildman–Crippen MR) is 61.3 cm³/mol. The lowest BCUT2D eigenvalue weighted by molar-refractivity contribution is -0.0801. The van der Waals surface area contributed by atoms with Gasteiger partial charge in [-0.15, -0.1) is 0 Å². The first kappa shape index (κ1) is 14.4. The molecule has 1 unspecified atom stereocenters. The zero-order valence-corrected chi connectivity index (χ0v) is 9.90. The number of hydrogen-bond acceptors (Lipinski definition) is 3. The van der Waals surface area contributed by atoms with Gasteiger partial charge >= 0.3 is 6.09 Å². The van der Waals surface area contributed by atoms with Crippen molar-refractivity contribution >= 4 is 6.09 Å². The van der Waals surface area contributed by atoms with Gasteiger partial charge in [-0.2, -0.15) is 0 Å². The topological polar surface area (TPSA) is 58.6 Å². The zero-order valence-electron chi connectivity index (χ0n) is 9.90. The van der Waals surface area contributed by atoms with Gasteiger partial charge < -0.3 is 15.2 Å². The normalized spacial score (nSPS) is 14.1. The van der Waals surface area contributed by atoms with Gasteiger partial charge in [-0.3, -0.25) is 0 Å². The molecular formula is C12H15F2NO3. The number of carbonyl (C=O) groups excluding carboxylic acids is 1. The van der Waals surface area contributed by atoms with Gasteiger partial charge in [-0.05, 0) is 12.5 Å². The van der Waals surface area contributed by atoms with Crippen molar-refractivity contribution in [1.82, 2.24) is 5.32 Å². The Morgan fingerprint density at radius 3 is 2.61 bits per heavy atom. The van der Waals surface area contributed by atoms with E-state index in [1.165, 1.54) is 0 Å². The molecule has 0 saturated heterocycles. The number of amides is 1. The van der Waals surface area contributed by atoms with Crippen LogP contribution in [0, 0.1) is 0 Å². The van der Waals surface area contributed by atoms with Crippen LogP contribution in [0.3, 0.4) is 0 Å². The lowest BCUT2D eigenvalue weighted by Crippen LogP contribution is -2.45. The van der Waals surface area contributed by atoms with Crippen LogP contribution in [0.15, 0.2) is 30.3 Å². The number of aliphatic hydroxyl groups is 1. The predicted octanol–water partition coefficient (Wildman–Crippen LogP) is 1.93. The highest BCUT2D eigenvalue weighted by Gasteiger charge is 2.32. The van der Waals surface area contributed by atoms with E-state index in [1.807, 2.05) is 6.07 Å². The van der Waals surface area contributed by atoms with Crippen molar-refractivity contribution in [1.29, 1.82) is 0 Å². The minimum absolute atomic E-state index is 0.0451.